The molecule has 1 saturated carbocycles. The predicted octanol–water partition coefficient (Wildman–Crippen LogP) is 2.00. The second-order valence-corrected chi connectivity index (χ2v) is 5.69. The summed E-state index contributed by atoms with van der Waals surface area (Å²) in [6.45, 7) is 2.14. The van der Waals surface area contributed by atoms with E-state index in [0.29, 0.717) is 6.04 Å². The highest BCUT2D eigenvalue weighted by Crippen LogP contribution is 2.25. The van der Waals surface area contributed by atoms with E-state index in [4.69, 9.17) is 5.73 Å². The van der Waals surface area contributed by atoms with E-state index in [-0.39, 0.29) is 0 Å². The van der Waals surface area contributed by atoms with Crippen LogP contribution in [0, 0.1) is 5.92 Å². The number of aryl methyl sites for hydroxylation is 2. The van der Waals surface area contributed by atoms with Gasteiger partial charge < -0.3 is 11.1 Å². The molecule has 0 aliphatic heterocycles. The first kappa shape index (κ1) is 11.2. The van der Waals surface area contributed by atoms with Gasteiger partial charge in [0.2, 0.25) is 0 Å². The Kier molecular flexibility index (Phi) is 3.17. The zero-order valence-electron chi connectivity index (χ0n) is 10.4. The fourth-order valence-corrected chi connectivity index (χ4v) is 3.11. The van der Waals surface area contributed by atoms with Gasteiger partial charge in [-0.3, -0.25) is 0 Å². The summed E-state index contributed by atoms with van der Waals surface area (Å²) in [5, 5.41) is 3.56. The number of hydrogen-bond donors (Lipinski definition) is 2. The number of rotatable bonds is 4. The fraction of sp³-hybridized carbons (Fsp3) is 0.600. The van der Waals surface area contributed by atoms with Gasteiger partial charge in [0.05, 0.1) is 0 Å². The molecule has 2 heteroatoms. The molecule has 0 bridgehead atoms. The Balaban J connectivity index is 1.48. The minimum absolute atomic E-state index is 0.474. The highest BCUT2D eigenvalue weighted by atomic mass is 14.9. The van der Waals surface area contributed by atoms with Crippen molar-refractivity contribution in [1.29, 1.82) is 0 Å². The Hall–Kier alpha value is -0.860. The number of fused-ring (bicyclic) bond motifs is 1. The molecule has 2 aliphatic rings. The van der Waals surface area contributed by atoms with Crippen molar-refractivity contribution in [3.05, 3.63) is 34.9 Å². The van der Waals surface area contributed by atoms with Crippen LogP contribution in [0.5, 0.6) is 0 Å². The van der Waals surface area contributed by atoms with Crippen LogP contribution in [0.25, 0.3) is 0 Å². The molecule has 1 aromatic carbocycles. The molecule has 3 N–H and O–H groups in total. The van der Waals surface area contributed by atoms with E-state index in [1.165, 1.54) is 37.7 Å². The smallest absolute Gasteiger partial charge is 0.0205 e. The Labute approximate surface area is 104 Å². The molecule has 2 aliphatic carbocycles. The third-order valence-corrected chi connectivity index (χ3v) is 4.20. The fourth-order valence-electron chi connectivity index (χ4n) is 3.11. The van der Waals surface area contributed by atoms with Crippen molar-refractivity contribution in [2.45, 2.75) is 44.7 Å². The summed E-state index contributed by atoms with van der Waals surface area (Å²) in [7, 11) is 0. The van der Waals surface area contributed by atoms with Crippen LogP contribution < -0.4 is 11.1 Å². The summed E-state index contributed by atoms with van der Waals surface area (Å²) in [4.78, 5) is 0. The third kappa shape index (κ3) is 2.53. The molecule has 0 spiro atoms. The van der Waals surface area contributed by atoms with E-state index >= 15 is 0 Å². The molecule has 2 nitrogen and oxygen atoms in total. The Morgan fingerprint density at radius 1 is 1.18 bits per heavy atom. The summed E-state index contributed by atoms with van der Waals surface area (Å²) in [5.74, 6) is 0.819. The largest absolute Gasteiger partial charge is 0.328 e. The van der Waals surface area contributed by atoms with Crippen molar-refractivity contribution in [1.82, 2.24) is 5.32 Å². The van der Waals surface area contributed by atoms with Crippen LogP contribution in [-0.4, -0.2) is 12.6 Å². The van der Waals surface area contributed by atoms with E-state index in [0.717, 1.165) is 19.0 Å². The average Bonchev–Trinajstić information content (AvgIpc) is 2.73. The van der Waals surface area contributed by atoms with E-state index < -0.39 is 0 Å². The summed E-state index contributed by atoms with van der Waals surface area (Å²) in [6, 6.07) is 7.46. The summed E-state index contributed by atoms with van der Waals surface area (Å²) in [5.41, 5.74) is 10.4. The normalized spacial score (nSPS) is 26.6. The van der Waals surface area contributed by atoms with E-state index in [1.54, 1.807) is 11.1 Å². The molecule has 0 radical (unpaired) electrons. The lowest BCUT2D eigenvalue weighted by molar-refractivity contribution is 0.256. The van der Waals surface area contributed by atoms with Crippen LogP contribution in [0.1, 0.15) is 36.0 Å². The SMILES string of the molecule is NC1CC(CNCc2ccc3c(c2)CCC3)C1. The minimum atomic E-state index is 0.474. The first-order chi connectivity index (χ1) is 8.31. The molecular weight excluding hydrogens is 208 g/mol. The Bertz CT molecular complexity index is 394. The molecule has 1 fully saturated rings. The van der Waals surface area contributed by atoms with Crippen LogP contribution in [0.15, 0.2) is 18.2 Å². The molecule has 92 valence electrons. The third-order valence-electron chi connectivity index (χ3n) is 4.20. The molecule has 0 heterocycles. The maximum Gasteiger partial charge on any atom is 0.0205 e. The summed E-state index contributed by atoms with van der Waals surface area (Å²) >= 11 is 0. The minimum Gasteiger partial charge on any atom is -0.328 e. The van der Waals surface area contributed by atoms with Crippen molar-refractivity contribution in [2.24, 2.45) is 11.7 Å². The zero-order valence-corrected chi connectivity index (χ0v) is 10.4. The molecule has 17 heavy (non-hydrogen) atoms. The maximum atomic E-state index is 5.79. The number of nitrogens with two attached hydrogens (primary N) is 1. The molecular formula is C15H22N2. The van der Waals surface area contributed by atoms with Gasteiger partial charge in [0.15, 0.2) is 0 Å². The number of benzene rings is 1. The van der Waals surface area contributed by atoms with Crippen LogP contribution >= 0.6 is 0 Å². The quantitative estimate of drug-likeness (QED) is 0.830. The number of hydrogen-bond acceptors (Lipinski definition) is 2. The molecule has 0 atom stereocenters. The monoisotopic (exact) mass is 230 g/mol. The van der Waals surface area contributed by atoms with Gasteiger partial charge in [0.1, 0.15) is 0 Å². The first-order valence-corrected chi connectivity index (χ1v) is 6.88. The van der Waals surface area contributed by atoms with Crippen LogP contribution in [0.4, 0.5) is 0 Å². The first-order valence-electron chi connectivity index (χ1n) is 6.88. The van der Waals surface area contributed by atoms with Crippen molar-refractivity contribution < 1.29 is 0 Å². The van der Waals surface area contributed by atoms with Crippen LogP contribution in [0.2, 0.25) is 0 Å². The van der Waals surface area contributed by atoms with Crippen molar-refractivity contribution in [3.63, 3.8) is 0 Å². The second kappa shape index (κ2) is 4.79. The second-order valence-electron chi connectivity index (χ2n) is 5.69. The Morgan fingerprint density at radius 2 is 2.00 bits per heavy atom. The van der Waals surface area contributed by atoms with Gasteiger partial charge in [-0.2, -0.15) is 0 Å². The maximum absolute atomic E-state index is 5.79. The Morgan fingerprint density at radius 3 is 2.82 bits per heavy atom. The van der Waals surface area contributed by atoms with Crippen LogP contribution in [-0.2, 0) is 19.4 Å². The molecule has 0 saturated heterocycles. The lowest BCUT2D eigenvalue weighted by atomic mass is 9.81. The van der Waals surface area contributed by atoms with Crippen molar-refractivity contribution in [2.75, 3.05) is 6.54 Å². The molecule has 3 rings (SSSR count). The predicted molar refractivity (Wildman–Crippen MR) is 70.9 cm³/mol. The van der Waals surface area contributed by atoms with Gasteiger partial charge in [-0.05, 0) is 61.3 Å². The zero-order chi connectivity index (χ0) is 11.7. The van der Waals surface area contributed by atoms with Gasteiger partial charge in [0.25, 0.3) is 0 Å². The molecule has 0 unspecified atom stereocenters. The highest BCUT2D eigenvalue weighted by Gasteiger charge is 2.24. The molecule has 1 aromatic rings. The van der Waals surface area contributed by atoms with Crippen molar-refractivity contribution >= 4 is 0 Å². The summed E-state index contributed by atoms with van der Waals surface area (Å²) in [6.07, 6.45) is 6.31. The molecule has 0 amide bonds. The standard InChI is InChI=1S/C15H22N2/c16-15-7-12(8-15)10-17-9-11-4-5-13-2-1-3-14(13)6-11/h4-6,12,15,17H,1-3,7-10,16H2. The lowest BCUT2D eigenvalue weighted by Gasteiger charge is -2.32. The topological polar surface area (TPSA) is 38.0 Å². The number of nitrogens with one attached hydrogen (secondary N) is 1. The van der Waals surface area contributed by atoms with Gasteiger partial charge in [-0.15, -0.1) is 0 Å². The van der Waals surface area contributed by atoms with E-state index in [9.17, 15) is 0 Å². The van der Waals surface area contributed by atoms with Gasteiger partial charge in [0, 0.05) is 12.6 Å². The average molecular weight is 230 g/mol. The molecule has 0 aromatic heterocycles. The van der Waals surface area contributed by atoms with Gasteiger partial charge in [-0.1, -0.05) is 18.2 Å². The van der Waals surface area contributed by atoms with Gasteiger partial charge in [-0.25, -0.2) is 0 Å². The van der Waals surface area contributed by atoms with E-state index in [1.807, 2.05) is 0 Å². The van der Waals surface area contributed by atoms with E-state index in [2.05, 4.69) is 23.5 Å². The van der Waals surface area contributed by atoms with Crippen LogP contribution in [0.3, 0.4) is 0 Å². The van der Waals surface area contributed by atoms with Gasteiger partial charge >= 0.3 is 0 Å². The lowest BCUT2D eigenvalue weighted by Crippen LogP contribution is -2.41. The highest BCUT2D eigenvalue weighted by molar-refractivity contribution is 5.35. The summed E-state index contributed by atoms with van der Waals surface area (Å²) < 4.78 is 0. The van der Waals surface area contributed by atoms with Crippen molar-refractivity contribution in [3.8, 4) is 0 Å².